The molecule has 5 nitrogen and oxygen atoms in total. The van der Waals surface area contributed by atoms with Crippen LogP contribution in [0.3, 0.4) is 0 Å². The highest BCUT2D eigenvalue weighted by Crippen LogP contribution is 2.14. The molecule has 168 valence electrons. The molecule has 28 heavy (non-hydrogen) atoms. The smallest absolute Gasteiger partial charge is 0.220 e. The number of aliphatic hydroxyl groups is 3. The van der Waals surface area contributed by atoms with E-state index in [4.69, 9.17) is 0 Å². The molecule has 0 unspecified atom stereocenters. The Kier molecular flexibility index (Phi) is 18.0. The first kappa shape index (κ1) is 27.4. The minimum atomic E-state index is -1.13. The van der Waals surface area contributed by atoms with Gasteiger partial charge in [-0.2, -0.15) is 0 Å². The molecule has 0 aromatic carbocycles. The minimum Gasteiger partial charge on any atom is -0.394 e. The van der Waals surface area contributed by atoms with Crippen LogP contribution in [0.2, 0.25) is 0 Å². The van der Waals surface area contributed by atoms with E-state index in [9.17, 15) is 20.1 Å². The van der Waals surface area contributed by atoms with Gasteiger partial charge in [-0.1, -0.05) is 97.8 Å². The van der Waals surface area contributed by atoms with Crippen molar-refractivity contribution in [3.05, 3.63) is 0 Å². The van der Waals surface area contributed by atoms with Crippen molar-refractivity contribution in [3.63, 3.8) is 0 Å². The second-order valence-electron chi connectivity index (χ2n) is 8.69. The molecule has 0 fully saturated rings. The summed E-state index contributed by atoms with van der Waals surface area (Å²) in [5.74, 6) is 0.00753. The number of hydrogen-bond donors (Lipinski definition) is 4. The van der Waals surface area contributed by atoms with E-state index in [0.29, 0.717) is 12.8 Å². The average molecular weight is 402 g/mol. The number of aliphatic hydroxyl groups excluding tert-OH is 3. The molecule has 0 aliphatic heterocycles. The average Bonchev–Trinajstić information content (AvgIpc) is 2.65. The molecular formula is C23H47NO4. The highest BCUT2D eigenvalue weighted by atomic mass is 16.3. The van der Waals surface area contributed by atoms with Gasteiger partial charge in [-0.05, 0) is 12.3 Å². The Bertz CT molecular complexity index is 363. The summed E-state index contributed by atoms with van der Waals surface area (Å²) in [6.07, 6.45) is 13.8. The monoisotopic (exact) mass is 401 g/mol. The van der Waals surface area contributed by atoms with Gasteiger partial charge in [0.25, 0.3) is 0 Å². The predicted molar refractivity (Wildman–Crippen MR) is 116 cm³/mol. The summed E-state index contributed by atoms with van der Waals surface area (Å²) in [6, 6.07) is -0.807. The Morgan fingerprint density at radius 1 is 0.821 bits per heavy atom. The number of rotatable bonds is 19. The van der Waals surface area contributed by atoms with Crippen molar-refractivity contribution in [2.45, 2.75) is 129 Å². The molecule has 0 saturated heterocycles. The van der Waals surface area contributed by atoms with Gasteiger partial charge >= 0.3 is 0 Å². The number of amides is 1. The summed E-state index contributed by atoms with van der Waals surface area (Å²) >= 11 is 0. The number of carbonyl (C=O) groups is 1. The Balaban J connectivity index is 3.72. The number of hydrogen-bond acceptors (Lipinski definition) is 4. The third kappa shape index (κ3) is 15.3. The van der Waals surface area contributed by atoms with Crippen molar-refractivity contribution in [2.24, 2.45) is 5.92 Å². The predicted octanol–water partition coefficient (Wildman–Crippen LogP) is 4.32. The van der Waals surface area contributed by atoms with Gasteiger partial charge < -0.3 is 20.6 Å². The van der Waals surface area contributed by atoms with E-state index in [2.05, 4.69) is 12.2 Å². The summed E-state index contributed by atoms with van der Waals surface area (Å²) in [5, 5.41) is 32.4. The van der Waals surface area contributed by atoms with Gasteiger partial charge in [-0.3, -0.25) is 4.79 Å². The maximum atomic E-state index is 11.8. The van der Waals surface area contributed by atoms with Crippen molar-refractivity contribution < 1.29 is 20.1 Å². The zero-order valence-electron chi connectivity index (χ0n) is 18.7. The fourth-order valence-electron chi connectivity index (χ4n) is 3.51. The fraction of sp³-hybridized carbons (Fsp3) is 0.957. The second kappa shape index (κ2) is 18.4. The van der Waals surface area contributed by atoms with E-state index in [0.717, 1.165) is 19.3 Å². The molecule has 0 spiro atoms. The molecule has 0 heterocycles. The van der Waals surface area contributed by atoms with Gasteiger partial charge in [-0.15, -0.1) is 0 Å². The number of nitrogens with one attached hydrogen (secondary N) is 1. The standard InChI is InChI=1S/C23H47NO4/c1-4-5-6-7-8-9-10-11-12-13-14-15-16-21(26)23(28)20(18-25)24-22(27)17-19(2)3/h19-21,23,25-26,28H,4-18H2,1-3H3,(H,24,27)/t20-,21+,23-/m0/s1. The number of unbranched alkanes of at least 4 members (excludes halogenated alkanes) is 11. The first-order valence-corrected chi connectivity index (χ1v) is 11.7. The largest absolute Gasteiger partial charge is 0.394 e. The van der Waals surface area contributed by atoms with E-state index in [-0.39, 0.29) is 18.4 Å². The van der Waals surface area contributed by atoms with Gasteiger partial charge in [-0.25, -0.2) is 0 Å². The van der Waals surface area contributed by atoms with Crippen LogP contribution in [-0.2, 0) is 4.79 Å². The lowest BCUT2D eigenvalue weighted by Crippen LogP contribution is -2.50. The Morgan fingerprint density at radius 3 is 1.71 bits per heavy atom. The molecule has 0 aliphatic carbocycles. The maximum absolute atomic E-state index is 11.8. The quantitative estimate of drug-likeness (QED) is 0.243. The van der Waals surface area contributed by atoms with Gasteiger partial charge in [0.2, 0.25) is 5.91 Å². The van der Waals surface area contributed by atoms with E-state index in [1.165, 1.54) is 57.8 Å². The highest BCUT2D eigenvalue weighted by molar-refractivity contribution is 5.76. The molecule has 0 bridgehead atoms. The molecular weight excluding hydrogens is 354 g/mol. The third-order valence-electron chi connectivity index (χ3n) is 5.30. The maximum Gasteiger partial charge on any atom is 0.220 e. The summed E-state index contributed by atoms with van der Waals surface area (Å²) in [6.45, 7) is 5.75. The van der Waals surface area contributed by atoms with Gasteiger partial charge in [0.15, 0.2) is 0 Å². The third-order valence-corrected chi connectivity index (χ3v) is 5.30. The van der Waals surface area contributed by atoms with Crippen molar-refractivity contribution in [1.82, 2.24) is 5.32 Å². The molecule has 3 atom stereocenters. The van der Waals surface area contributed by atoms with Crippen molar-refractivity contribution in [2.75, 3.05) is 6.61 Å². The van der Waals surface area contributed by atoms with Crippen LogP contribution in [0.1, 0.15) is 111 Å². The second-order valence-corrected chi connectivity index (χ2v) is 8.69. The molecule has 0 aromatic heterocycles. The molecule has 1 amide bonds. The lowest BCUT2D eigenvalue weighted by atomic mass is 9.99. The number of carbonyl (C=O) groups excluding carboxylic acids is 1. The van der Waals surface area contributed by atoms with Gasteiger partial charge in [0, 0.05) is 6.42 Å². The summed E-state index contributed by atoms with van der Waals surface area (Å²) in [4.78, 5) is 11.8. The summed E-state index contributed by atoms with van der Waals surface area (Å²) in [5.41, 5.74) is 0. The van der Waals surface area contributed by atoms with E-state index in [1.807, 2.05) is 13.8 Å². The Hall–Kier alpha value is -0.650. The minimum absolute atomic E-state index is 0.203. The van der Waals surface area contributed by atoms with Gasteiger partial charge in [0.05, 0.1) is 18.8 Å². The van der Waals surface area contributed by atoms with Crippen molar-refractivity contribution in [3.8, 4) is 0 Å². The summed E-state index contributed by atoms with van der Waals surface area (Å²) in [7, 11) is 0. The molecule has 0 aromatic rings. The van der Waals surface area contributed by atoms with E-state index >= 15 is 0 Å². The van der Waals surface area contributed by atoms with Crippen LogP contribution in [0.5, 0.6) is 0 Å². The summed E-state index contributed by atoms with van der Waals surface area (Å²) < 4.78 is 0. The van der Waals surface area contributed by atoms with Crippen LogP contribution in [0.4, 0.5) is 0 Å². The Labute approximate surface area is 173 Å². The highest BCUT2D eigenvalue weighted by Gasteiger charge is 2.27. The molecule has 5 heteroatoms. The lowest BCUT2D eigenvalue weighted by Gasteiger charge is -2.26. The van der Waals surface area contributed by atoms with Crippen LogP contribution in [-0.4, -0.2) is 46.1 Å². The molecule has 0 radical (unpaired) electrons. The van der Waals surface area contributed by atoms with Crippen LogP contribution < -0.4 is 5.32 Å². The zero-order chi connectivity index (χ0) is 21.2. The SMILES string of the molecule is CCCCCCCCCCCCCC[C@@H](O)[C@@H](O)[C@H](CO)NC(=O)CC(C)C. The first-order valence-electron chi connectivity index (χ1n) is 11.7. The topological polar surface area (TPSA) is 89.8 Å². The lowest BCUT2D eigenvalue weighted by molar-refractivity contribution is -0.124. The molecule has 4 N–H and O–H groups in total. The molecule has 0 aliphatic rings. The first-order chi connectivity index (χ1) is 13.4. The van der Waals surface area contributed by atoms with Crippen molar-refractivity contribution in [1.29, 1.82) is 0 Å². The fourth-order valence-corrected chi connectivity index (χ4v) is 3.51. The van der Waals surface area contributed by atoms with Gasteiger partial charge in [0.1, 0.15) is 6.10 Å². The van der Waals surface area contributed by atoms with E-state index in [1.54, 1.807) is 0 Å². The molecule has 0 rings (SSSR count). The molecule has 0 saturated carbocycles. The normalized spacial score (nSPS) is 14.8. The zero-order valence-corrected chi connectivity index (χ0v) is 18.7. The van der Waals surface area contributed by atoms with Crippen molar-refractivity contribution >= 4 is 5.91 Å². The van der Waals surface area contributed by atoms with Crippen LogP contribution in [0.25, 0.3) is 0 Å². The van der Waals surface area contributed by atoms with Crippen LogP contribution in [0, 0.1) is 5.92 Å². The van der Waals surface area contributed by atoms with Crippen LogP contribution in [0.15, 0.2) is 0 Å². The Morgan fingerprint density at radius 2 is 1.29 bits per heavy atom. The van der Waals surface area contributed by atoms with Crippen LogP contribution >= 0.6 is 0 Å². The van der Waals surface area contributed by atoms with E-state index < -0.39 is 18.2 Å².